The Kier molecular flexibility index (Phi) is 4.00. The summed E-state index contributed by atoms with van der Waals surface area (Å²) in [6.45, 7) is 8.18. The Balaban J connectivity index is 2.17. The number of nitrogens with zero attached hydrogens (tertiary/aromatic N) is 1. The summed E-state index contributed by atoms with van der Waals surface area (Å²) in [4.78, 5) is 3.97. The van der Waals surface area contributed by atoms with E-state index in [9.17, 15) is 4.39 Å². The lowest BCUT2D eigenvalue weighted by Gasteiger charge is -2.32. The highest BCUT2D eigenvalue weighted by atomic mass is 19.1. The summed E-state index contributed by atoms with van der Waals surface area (Å²) < 4.78 is 24.9. The van der Waals surface area contributed by atoms with Crippen molar-refractivity contribution in [3.05, 3.63) is 35.3 Å². The summed E-state index contributed by atoms with van der Waals surface area (Å²) in [6.07, 6.45) is 2.90. The van der Waals surface area contributed by atoms with Crippen LogP contribution >= 0.6 is 0 Å². The van der Waals surface area contributed by atoms with Gasteiger partial charge in [0.2, 0.25) is 0 Å². The molecular weight excluding hydrogens is 258 g/mol. The lowest BCUT2D eigenvalue weighted by molar-refractivity contribution is 0.00578. The number of hydrogen-bond donors (Lipinski definition) is 1. The van der Waals surface area contributed by atoms with E-state index in [4.69, 9.17) is 15.0 Å². The second-order valence-corrected chi connectivity index (χ2v) is 5.88. The van der Waals surface area contributed by atoms with E-state index in [1.165, 1.54) is 6.07 Å². The third-order valence-electron chi connectivity index (χ3n) is 3.87. The van der Waals surface area contributed by atoms with Gasteiger partial charge < -0.3 is 15.0 Å². The van der Waals surface area contributed by atoms with Crippen LogP contribution in [-0.2, 0) is 15.9 Å². The first kappa shape index (κ1) is 15.2. The van der Waals surface area contributed by atoms with E-state index in [2.05, 4.69) is 4.98 Å². The molecule has 0 saturated carbocycles. The Morgan fingerprint density at radius 1 is 1.30 bits per heavy atom. The molecule has 1 saturated heterocycles. The van der Waals surface area contributed by atoms with Gasteiger partial charge in [0, 0.05) is 6.54 Å². The molecule has 1 aliphatic rings. The molecule has 6 heteroatoms. The van der Waals surface area contributed by atoms with Crippen molar-refractivity contribution >= 4 is 13.2 Å². The van der Waals surface area contributed by atoms with Crippen LogP contribution in [0.1, 0.15) is 39.0 Å². The molecule has 20 heavy (non-hydrogen) atoms. The van der Waals surface area contributed by atoms with Crippen LogP contribution in [0.25, 0.3) is 6.08 Å². The molecule has 0 aromatic carbocycles. The molecule has 2 heterocycles. The van der Waals surface area contributed by atoms with Crippen LogP contribution in [0.5, 0.6) is 0 Å². The Morgan fingerprint density at radius 2 is 1.90 bits per heavy atom. The molecule has 1 fully saturated rings. The lowest BCUT2D eigenvalue weighted by Crippen LogP contribution is -2.41. The number of aromatic nitrogens is 1. The molecule has 0 spiro atoms. The van der Waals surface area contributed by atoms with E-state index in [-0.39, 0.29) is 17.7 Å². The van der Waals surface area contributed by atoms with E-state index < -0.39 is 12.9 Å². The molecule has 4 nitrogen and oxygen atoms in total. The van der Waals surface area contributed by atoms with Crippen LogP contribution in [0.3, 0.4) is 0 Å². The molecule has 0 unspecified atom stereocenters. The minimum atomic E-state index is -0.464. The van der Waals surface area contributed by atoms with Gasteiger partial charge in [0.25, 0.3) is 0 Å². The number of nitrogens with two attached hydrogens (primary N) is 1. The molecule has 108 valence electrons. The predicted molar refractivity (Wildman–Crippen MR) is 77.2 cm³/mol. The van der Waals surface area contributed by atoms with Gasteiger partial charge >= 0.3 is 7.12 Å². The minimum absolute atomic E-state index is 0.253. The smallest absolute Gasteiger partial charge is 0.400 e. The van der Waals surface area contributed by atoms with E-state index in [1.807, 2.05) is 27.7 Å². The van der Waals surface area contributed by atoms with Crippen molar-refractivity contribution in [1.29, 1.82) is 0 Å². The standard InChI is InChI=1S/C14H20BFN2O2/c1-13(2)14(3,4)20-15(19-13)6-5-10-7-11(16)9-18-12(10)8-17/h5-7,9H,8,17H2,1-4H3/b6-5+. The summed E-state index contributed by atoms with van der Waals surface area (Å²) in [7, 11) is -0.464. The maximum Gasteiger partial charge on any atom is 0.487 e. The fraction of sp³-hybridized carbons (Fsp3) is 0.500. The zero-order valence-electron chi connectivity index (χ0n) is 12.3. The Morgan fingerprint density at radius 3 is 2.45 bits per heavy atom. The van der Waals surface area contributed by atoms with Crippen molar-refractivity contribution in [2.24, 2.45) is 5.73 Å². The van der Waals surface area contributed by atoms with Crippen molar-refractivity contribution in [3.63, 3.8) is 0 Å². The number of halogens is 1. The average molecular weight is 278 g/mol. The van der Waals surface area contributed by atoms with Crippen molar-refractivity contribution in [1.82, 2.24) is 4.98 Å². The molecular formula is C14H20BFN2O2. The fourth-order valence-electron chi connectivity index (χ4n) is 1.95. The third-order valence-corrected chi connectivity index (χ3v) is 3.87. The molecule has 0 amide bonds. The topological polar surface area (TPSA) is 57.4 Å². The van der Waals surface area contributed by atoms with Crippen LogP contribution < -0.4 is 5.73 Å². The van der Waals surface area contributed by atoms with Crippen molar-refractivity contribution in [2.45, 2.75) is 45.4 Å². The highest BCUT2D eigenvalue weighted by molar-refractivity contribution is 6.52. The monoisotopic (exact) mass is 278 g/mol. The van der Waals surface area contributed by atoms with Crippen LogP contribution in [-0.4, -0.2) is 23.3 Å². The van der Waals surface area contributed by atoms with Gasteiger partial charge in [-0.3, -0.25) is 4.98 Å². The quantitative estimate of drug-likeness (QED) is 0.862. The maximum atomic E-state index is 13.2. The van der Waals surface area contributed by atoms with Gasteiger partial charge in [0.1, 0.15) is 5.82 Å². The zero-order chi connectivity index (χ0) is 15.0. The fourth-order valence-corrected chi connectivity index (χ4v) is 1.95. The molecule has 1 aliphatic heterocycles. The van der Waals surface area contributed by atoms with Gasteiger partial charge in [-0.15, -0.1) is 0 Å². The van der Waals surface area contributed by atoms with E-state index in [1.54, 1.807) is 12.1 Å². The number of hydrogen-bond acceptors (Lipinski definition) is 4. The van der Waals surface area contributed by atoms with E-state index >= 15 is 0 Å². The Labute approximate surface area is 119 Å². The molecule has 0 radical (unpaired) electrons. The first-order valence-corrected chi connectivity index (χ1v) is 6.63. The molecule has 0 atom stereocenters. The molecule has 2 N–H and O–H groups in total. The van der Waals surface area contributed by atoms with Crippen LogP contribution in [0, 0.1) is 5.82 Å². The first-order valence-electron chi connectivity index (χ1n) is 6.63. The second kappa shape index (κ2) is 5.28. The zero-order valence-corrected chi connectivity index (χ0v) is 12.3. The summed E-state index contributed by atoms with van der Waals surface area (Å²) >= 11 is 0. The molecule has 1 aromatic rings. The lowest BCUT2D eigenvalue weighted by atomic mass is 9.89. The van der Waals surface area contributed by atoms with Crippen LogP contribution in [0.15, 0.2) is 18.2 Å². The van der Waals surface area contributed by atoms with E-state index in [0.29, 0.717) is 11.3 Å². The first-order chi connectivity index (χ1) is 9.25. The highest BCUT2D eigenvalue weighted by Crippen LogP contribution is 2.37. The normalized spacial score (nSPS) is 20.8. The van der Waals surface area contributed by atoms with Gasteiger partial charge in [0.15, 0.2) is 0 Å². The molecule has 1 aromatic heterocycles. The summed E-state index contributed by atoms with van der Waals surface area (Å²) in [6, 6.07) is 1.40. The van der Waals surface area contributed by atoms with Gasteiger partial charge in [0.05, 0.1) is 23.1 Å². The molecule has 2 rings (SSSR count). The van der Waals surface area contributed by atoms with Gasteiger partial charge in [-0.2, -0.15) is 0 Å². The molecule has 0 bridgehead atoms. The predicted octanol–water partition coefficient (Wildman–Crippen LogP) is 2.32. The summed E-state index contributed by atoms with van der Waals surface area (Å²) in [5.41, 5.74) is 6.09. The van der Waals surface area contributed by atoms with Gasteiger partial charge in [-0.25, -0.2) is 4.39 Å². The SMILES string of the molecule is CC1(C)OB(/C=C/c2cc(F)cnc2CN)OC1(C)C. The van der Waals surface area contributed by atoms with Crippen molar-refractivity contribution in [3.8, 4) is 0 Å². The van der Waals surface area contributed by atoms with E-state index in [0.717, 1.165) is 6.20 Å². The largest absolute Gasteiger partial charge is 0.487 e. The second-order valence-electron chi connectivity index (χ2n) is 5.88. The van der Waals surface area contributed by atoms with Crippen LogP contribution in [0.2, 0.25) is 0 Å². The molecule has 0 aliphatic carbocycles. The van der Waals surface area contributed by atoms with Crippen molar-refractivity contribution in [2.75, 3.05) is 0 Å². The van der Waals surface area contributed by atoms with Gasteiger partial charge in [-0.1, -0.05) is 12.1 Å². The summed E-state index contributed by atoms with van der Waals surface area (Å²) in [5.74, 6) is 1.36. The third kappa shape index (κ3) is 2.92. The maximum absolute atomic E-state index is 13.2. The minimum Gasteiger partial charge on any atom is -0.400 e. The Hall–Kier alpha value is -1.24. The Bertz CT molecular complexity index is 516. The van der Waals surface area contributed by atoms with Crippen LogP contribution in [0.4, 0.5) is 4.39 Å². The number of pyridine rings is 1. The average Bonchev–Trinajstić information content (AvgIpc) is 2.55. The summed E-state index contributed by atoms with van der Waals surface area (Å²) in [5, 5.41) is 0. The highest BCUT2D eigenvalue weighted by Gasteiger charge is 2.49. The van der Waals surface area contributed by atoms with Gasteiger partial charge in [-0.05, 0) is 39.3 Å². The number of rotatable bonds is 3. The van der Waals surface area contributed by atoms with Crippen molar-refractivity contribution < 1.29 is 13.7 Å².